The molecule has 2 aromatic rings. The van der Waals surface area contributed by atoms with E-state index < -0.39 is 0 Å². The van der Waals surface area contributed by atoms with Crippen molar-refractivity contribution in [3.05, 3.63) is 71.5 Å². The minimum Gasteiger partial charge on any atom is -0.396 e. The number of likely N-dealkylation sites (tertiary alicyclic amines) is 1. The van der Waals surface area contributed by atoms with Gasteiger partial charge in [0, 0.05) is 43.8 Å². The lowest BCUT2D eigenvalue weighted by Crippen LogP contribution is -2.41. The molecule has 0 spiro atoms. The molecule has 4 nitrogen and oxygen atoms in total. The maximum atomic E-state index is 13.0. The lowest BCUT2D eigenvalue weighted by atomic mass is 10.0. The average Bonchev–Trinajstić information content (AvgIpc) is 2.97. The van der Waals surface area contributed by atoms with E-state index in [4.69, 9.17) is 0 Å². The highest BCUT2D eigenvalue weighted by atomic mass is 19.1. The van der Waals surface area contributed by atoms with E-state index in [2.05, 4.69) is 22.3 Å². The maximum absolute atomic E-state index is 13.0. The zero-order chi connectivity index (χ0) is 16.9. The predicted molar refractivity (Wildman–Crippen MR) is 89.9 cm³/mol. The van der Waals surface area contributed by atoms with Gasteiger partial charge in [-0.1, -0.05) is 30.3 Å². The van der Waals surface area contributed by atoms with Crippen molar-refractivity contribution in [1.82, 2.24) is 10.2 Å². The monoisotopic (exact) mass is 328 g/mol. The molecular formula is C19H21FN2O2. The molecular weight excluding hydrogens is 307 g/mol. The number of nitrogens with one attached hydrogen (secondary N) is 1. The highest BCUT2D eigenvalue weighted by Gasteiger charge is 2.33. The Bertz CT molecular complexity index is 676. The van der Waals surface area contributed by atoms with Crippen molar-refractivity contribution in [3.63, 3.8) is 0 Å². The van der Waals surface area contributed by atoms with E-state index in [1.54, 1.807) is 0 Å². The Morgan fingerprint density at radius 3 is 2.50 bits per heavy atom. The number of aliphatic hydroxyl groups is 1. The molecule has 1 heterocycles. The zero-order valence-corrected chi connectivity index (χ0v) is 13.4. The van der Waals surface area contributed by atoms with Crippen LogP contribution in [0.3, 0.4) is 0 Å². The summed E-state index contributed by atoms with van der Waals surface area (Å²) < 4.78 is 13.0. The summed E-state index contributed by atoms with van der Waals surface area (Å²) in [6, 6.07) is 15.5. The summed E-state index contributed by atoms with van der Waals surface area (Å²) in [5.41, 5.74) is 1.63. The predicted octanol–water partition coefficient (Wildman–Crippen LogP) is 2.05. The number of hydrogen-bond acceptors (Lipinski definition) is 3. The van der Waals surface area contributed by atoms with Crippen LogP contribution in [0.5, 0.6) is 0 Å². The normalized spacial score (nSPS) is 20.9. The standard InChI is InChI=1S/C19H21FN2O2/c20-17-8-6-15(7-9-17)19(24)21-18-12-22(11-16(18)13-23)10-14-4-2-1-3-5-14/h1-9,16,18,23H,10-13H2,(H,21,24)/t16-,18+/m0/s1. The van der Waals surface area contributed by atoms with Gasteiger partial charge in [0.05, 0.1) is 0 Å². The van der Waals surface area contributed by atoms with Crippen LogP contribution < -0.4 is 5.32 Å². The number of benzene rings is 2. The lowest BCUT2D eigenvalue weighted by Gasteiger charge is -2.18. The molecule has 126 valence electrons. The highest BCUT2D eigenvalue weighted by Crippen LogP contribution is 2.19. The number of hydrogen-bond donors (Lipinski definition) is 2. The van der Waals surface area contributed by atoms with E-state index in [-0.39, 0.29) is 30.3 Å². The fourth-order valence-corrected chi connectivity index (χ4v) is 3.13. The molecule has 0 radical (unpaired) electrons. The van der Waals surface area contributed by atoms with E-state index in [1.807, 2.05) is 18.2 Å². The molecule has 1 aliphatic rings. The van der Waals surface area contributed by atoms with Crippen LogP contribution >= 0.6 is 0 Å². The Labute approximate surface area is 140 Å². The van der Waals surface area contributed by atoms with Gasteiger partial charge >= 0.3 is 0 Å². The Kier molecular flexibility index (Phi) is 5.23. The van der Waals surface area contributed by atoms with E-state index in [0.29, 0.717) is 12.1 Å². The number of carbonyl (C=O) groups excluding carboxylic acids is 1. The molecule has 1 aliphatic heterocycles. The SMILES string of the molecule is O=C(N[C@@H]1CN(Cc2ccccc2)C[C@H]1CO)c1ccc(F)cc1. The van der Waals surface area contributed by atoms with Crippen molar-refractivity contribution in [2.75, 3.05) is 19.7 Å². The van der Waals surface area contributed by atoms with Gasteiger partial charge in [-0.15, -0.1) is 0 Å². The molecule has 5 heteroatoms. The first kappa shape index (κ1) is 16.6. The summed E-state index contributed by atoms with van der Waals surface area (Å²) in [4.78, 5) is 14.5. The largest absolute Gasteiger partial charge is 0.396 e. The van der Waals surface area contributed by atoms with Gasteiger partial charge in [-0.25, -0.2) is 4.39 Å². The van der Waals surface area contributed by atoms with Gasteiger partial charge in [0.25, 0.3) is 5.91 Å². The van der Waals surface area contributed by atoms with Crippen molar-refractivity contribution < 1.29 is 14.3 Å². The van der Waals surface area contributed by atoms with Gasteiger partial charge in [0.1, 0.15) is 5.82 Å². The van der Waals surface area contributed by atoms with E-state index in [1.165, 1.54) is 29.8 Å². The second kappa shape index (κ2) is 7.55. The fourth-order valence-electron chi connectivity index (χ4n) is 3.13. The number of rotatable bonds is 5. The average molecular weight is 328 g/mol. The second-order valence-electron chi connectivity index (χ2n) is 6.21. The molecule has 3 rings (SSSR count). The summed E-state index contributed by atoms with van der Waals surface area (Å²) >= 11 is 0. The van der Waals surface area contributed by atoms with Crippen LogP contribution in [0.4, 0.5) is 4.39 Å². The fraction of sp³-hybridized carbons (Fsp3) is 0.316. The number of aliphatic hydroxyl groups excluding tert-OH is 1. The zero-order valence-electron chi connectivity index (χ0n) is 13.4. The molecule has 2 N–H and O–H groups in total. The second-order valence-corrected chi connectivity index (χ2v) is 6.21. The molecule has 1 fully saturated rings. The third-order valence-corrected chi connectivity index (χ3v) is 4.42. The molecule has 2 aromatic carbocycles. The molecule has 0 aliphatic carbocycles. The van der Waals surface area contributed by atoms with Crippen molar-refractivity contribution in [1.29, 1.82) is 0 Å². The Balaban J connectivity index is 1.62. The van der Waals surface area contributed by atoms with Crippen LogP contribution in [0.1, 0.15) is 15.9 Å². The number of amides is 1. The van der Waals surface area contributed by atoms with Crippen LogP contribution in [-0.4, -0.2) is 41.7 Å². The Morgan fingerprint density at radius 2 is 1.83 bits per heavy atom. The molecule has 0 unspecified atom stereocenters. The number of nitrogens with zero attached hydrogens (tertiary/aromatic N) is 1. The first-order chi connectivity index (χ1) is 11.7. The molecule has 2 atom stereocenters. The number of halogens is 1. The minimum absolute atomic E-state index is 0.00175. The highest BCUT2D eigenvalue weighted by molar-refractivity contribution is 5.94. The Morgan fingerprint density at radius 1 is 1.12 bits per heavy atom. The van der Waals surface area contributed by atoms with Gasteiger partial charge in [-0.3, -0.25) is 9.69 Å². The first-order valence-corrected chi connectivity index (χ1v) is 8.09. The molecule has 0 bridgehead atoms. The van der Waals surface area contributed by atoms with Gasteiger partial charge in [0.2, 0.25) is 0 Å². The molecule has 0 aromatic heterocycles. The summed E-state index contributed by atoms with van der Waals surface area (Å²) in [5.74, 6) is -0.604. The summed E-state index contributed by atoms with van der Waals surface area (Å²) in [5, 5.41) is 12.6. The molecule has 24 heavy (non-hydrogen) atoms. The maximum Gasteiger partial charge on any atom is 0.251 e. The van der Waals surface area contributed by atoms with Crippen LogP contribution in [0, 0.1) is 11.7 Å². The van der Waals surface area contributed by atoms with Crippen molar-refractivity contribution >= 4 is 5.91 Å². The van der Waals surface area contributed by atoms with Crippen molar-refractivity contribution in [2.45, 2.75) is 12.6 Å². The third-order valence-electron chi connectivity index (χ3n) is 4.42. The number of carbonyl (C=O) groups is 1. The third kappa shape index (κ3) is 3.99. The van der Waals surface area contributed by atoms with E-state index in [9.17, 15) is 14.3 Å². The van der Waals surface area contributed by atoms with Gasteiger partial charge in [-0.2, -0.15) is 0 Å². The summed E-state index contributed by atoms with van der Waals surface area (Å²) in [6.45, 7) is 2.24. The van der Waals surface area contributed by atoms with Crippen LogP contribution in [0.2, 0.25) is 0 Å². The summed E-state index contributed by atoms with van der Waals surface area (Å²) in [6.07, 6.45) is 0. The molecule has 1 saturated heterocycles. The first-order valence-electron chi connectivity index (χ1n) is 8.09. The van der Waals surface area contributed by atoms with E-state index in [0.717, 1.165) is 13.1 Å². The summed E-state index contributed by atoms with van der Waals surface area (Å²) in [7, 11) is 0. The van der Waals surface area contributed by atoms with Gasteiger partial charge < -0.3 is 10.4 Å². The minimum atomic E-state index is -0.366. The van der Waals surface area contributed by atoms with Gasteiger partial charge in [-0.05, 0) is 29.8 Å². The quantitative estimate of drug-likeness (QED) is 0.883. The molecule has 1 amide bonds. The van der Waals surface area contributed by atoms with Crippen molar-refractivity contribution in [2.24, 2.45) is 5.92 Å². The molecule has 0 saturated carbocycles. The van der Waals surface area contributed by atoms with Crippen LogP contribution in [0.15, 0.2) is 54.6 Å². The topological polar surface area (TPSA) is 52.6 Å². The van der Waals surface area contributed by atoms with Gasteiger partial charge in [0.15, 0.2) is 0 Å². The Hall–Kier alpha value is -2.24. The van der Waals surface area contributed by atoms with Crippen LogP contribution in [-0.2, 0) is 6.54 Å². The van der Waals surface area contributed by atoms with Crippen molar-refractivity contribution in [3.8, 4) is 0 Å². The van der Waals surface area contributed by atoms with Crippen LogP contribution in [0.25, 0.3) is 0 Å². The lowest BCUT2D eigenvalue weighted by molar-refractivity contribution is 0.0921. The smallest absolute Gasteiger partial charge is 0.251 e. The van der Waals surface area contributed by atoms with E-state index >= 15 is 0 Å².